The van der Waals surface area contributed by atoms with E-state index in [9.17, 15) is 9.90 Å². The van der Waals surface area contributed by atoms with Gasteiger partial charge in [0.25, 0.3) is 0 Å². The SMILES string of the molecule is CCCCn1c2c(c3cc(C)cc(C(=O)O)c31)CN(CC)CC2. The first kappa shape index (κ1) is 16.1. The van der Waals surface area contributed by atoms with Crippen LogP contribution in [0.3, 0.4) is 0 Å². The molecule has 0 atom stereocenters. The van der Waals surface area contributed by atoms with E-state index >= 15 is 0 Å². The van der Waals surface area contributed by atoms with Crippen LogP contribution in [0.2, 0.25) is 0 Å². The van der Waals surface area contributed by atoms with Gasteiger partial charge in [0, 0.05) is 37.1 Å². The molecule has 1 N–H and O–H groups in total. The number of benzene rings is 1. The third kappa shape index (κ3) is 2.76. The summed E-state index contributed by atoms with van der Waals surface area (Å²) in [5, 5.41) is 10.8. The van der Waals surface area contributed by atoms with Crippen molar-refractivity contribution in [1.29, 1.82) is 0 Å². The highest BCUT2D eigenvalue weighted by Gasteiger charge is 2.26. The van der Waals surface area contributed by atoms with Crippen LogP contribution in [0.15, 0.2) is 12.1 Å². The molecule has 0 fully saturated rings. The Morgan fingerprint density at radius 2 is 2.09 bits per heavy atom. The van der Waals surface area contributed by atoms with Gasteiger partial charge < -0.3 is 9.67 Å². The highest BCUT2D eigenvalue weighted by atomic mass is 16.4. The van der Waals surface area contributed by atoms with Crippen molar-refractivity contribution in [2.45, 2.75) is 53.1 Å². The van der Waals surface area contributed by atoms with Crippen molar-refractivity contribution < 1.29 is 9.90 Å². The number of carboxylic acids is 1. The van der Waals surface area contributed by atoms with Gasteiger partial charge in [-0.1, -0.05) is 20.3 Å². The zero-order valence-electron chi connectivity index (χ0n) is 14.4. The molecule has 4 heteroatoms. The average molecular weight is 314 g/mol. The van der Waals surface area contributed by atoms with Gasteiger partial charge in [-0.25, -0.2) is 4.79 Å². The number of hydrogen-bond donors (Lipinski definition) is 1. The van der Waals surface area contributed by atoms with Crippen LogP contribution < -0.4 is 0 Å². The second kappa shape index (κ2) is 6.36. The number of rotatable bonds is 5. The lowest BCUT2D eigenvalue weighted by Crippen LogP contribution is -2.30. The van der Waals surface area contributed by atoms with E-state index in [2.05, 4.69) is 29.4 Å². The van der Waals surface area contributed by atoms with Crippen LogP contribution in [0, 0.1) is 6.92 Å². The maximum absolute atomic E-state index is 11.8. The lowest BCUT2D eigenvalue weighted by atomic mass is 10.0. The summed E-state index contributed by atoms with van der Waals surface area (Å²) in [5.41, 5.74) is 5.11. The van der Waals surface area contributed by atoms with E-state index in [1.54, 1.807) is 0 Å². The molecule has 1 aliphatic rings. The molecule has 3 rings (SSSR count). The van der Waals surface area contributed by atoms with Crippen molar-refractivity contribution in [2.75, 3.05) is 13.1 Å². The van der Waals surface area contributed by atoms with E-state index in [-0.39, 0.29) is 0 Å². The largest absolute Gasteiger partial charge is 0.478 e. The quantitative estimate of drug-likeness (QED) is 0.912. The fraction of sp³-hybridized carbons (Fsp3) is 0.526. The summed E-state index contributed by atoms with van der Waals surface area (Å²) in [7, 11) is 0. The number of aromatic nitrogens is 1. The summed E-state index contributed by atoms with van der Waals surface area (Å²) >= 11 is 0. The zero-order chi connectivity index (χ0) is 16.6. The summed E-state index contributed by atoms with van der Waals surface area (Å²) in [6.45, 7) is 10.3. The van der Waals surface area contributed by atoms with Gasteiger partial charge in [0.2, 0.25) is 0 Å². The highest BCUT2D eigenvalue weighted by Crippen LogP contribution is 2.34. The molecule has 1 aromatic carbocycles. The summed E-state index contributed by atoms with van der Waals surface area (Å²) in [6, 6.07) is 3.98. The maximum Gasteiger partial charge on any atom is 0.337 e. The second-order valence-electron chi connectivity index (χ2n) is 6.56. The molecule has 124 valence electrons. The van der Waals surface area contributed by atoms with Crippen LogP contribution >= 0.6 is 0 Å². The molecule has 0 amide bonds. The van der Waals surface area contributed by atoms with Gasteiger partial charge in [-0.15, -0.1) is 0 Å². The Kier molecular flexibility index (Phi) is 4.44. The molecule has 0 bridgehead atoms. The van der Waals surface area contributed by atoms with E-state index in [4.69, 9.17) is 0 Å². The minimum atomic E-state index is -0.821. The molecule has 1 aliphatic heterocycles. The molecule has 0 saturated carbocycles. The summed E-state index contributed by atoms with van der Waals surface area (Å²) in [4.78, 5) is 14.2. The number of unbranched alkanes of at least 4 members (excludes halogenated alkanes) is 1. The van der Waals surface area contributed by atoms with Crippen LogP contribution in [0.1, 0.15) is 53.9 Å². The number of carbonyl (C=O) groups is 1. The number of aromatic carboxylic acids is 1. The number of hydrogen-bond acceptors (Lipinski definition) is 2. The highest BCUT2D eigenvalue weighted by molar-refractivity contribution is 6.04. The smallest absolute Gasteiger partial charge is 0.337 e. The third-order valence-electron chi connectivity index (χ3n) is 4.98. The van der Waals surface area contributed by atoms with Crippen LogP contribution in [0.25, 0.3) is 10.9 Å². The average Bonchev–Trinajstić information content (AvgIpc) is 2.84. The lowest BCUT2D eigenvalue weighted by molar-refractivity contribution is 0.0698. The Morgan fingerprint density at radius 1 is 1.30 bits per heavy atom. The first-order valence-electron chi connectivity index (χ1n) is 8.67. The topological polar surface area (TPSA) is 45.5 Å². The van der Waals surface area contributed by atoms with E-state index in [1.165, 1.54) is 11.3 Å². The number of likely N-dealkylation sites (N-methyl/N-ethyl adjacent to an activating group) is 1. The summed E-state index contributed by atoms with van der Waals surface area (Å²) in [5.74, 6) is -0.821. The van der Waals surface area contributed by atoms with Crippen LogP contribution in [0.5, 0.6) is 0 Å². The third-order valence-corrected chi connectivity index (χ3v) is 4.98. The van der Waals surface area contributed by atoms with Gasteiger partial charge in [-0.2, -0.15) is 0 Å². The van der Waals surface area contributed by atoms with Gasteiger partial charge >= 0.3 is 5.97 Å². The Morgan fingerprint density at radius 3 is 2.74 bits per heavy atom. The Balaban J connectivity index is 2.27. The lowest BCUT2D eigenvalue weighted by Gasteiger charge is -2.26. The predicted octanol–water partition coefficient (Wildman–Crippen LogP) is 3.83. The summed E-state index contributed by atoms with van der Waals surface area (Å²) in [6.07, 6.45) is 3.21. The maximum atomic E-state index is 11.8. The van der Waals surface area contributed by atoms with Gasteiger partial charge in [0.15, 0.2) is 0 Å². The molecule has 2 heterocycles. The molecule has 0 saturated heterocycles. The van der Waals surface area contributed by atoms with Gasteiger partial charge in [0.05, 0.1) is 11.1 Å². The number of aryl methyl sites for hydroxylation is 2. The Labute approximate surface area is 137 Å². The van der Waals surface area contributed by atoms with Crippen molar-refractivity contribution >= 4 is 16.9 Å². The Bertz CT molecular complexity index is 746. The molecule has 0 spiro atoms. The molecule has 0 radical (unpaired) electrons. The van der Waals surface area contributed by atoms with Crippen LogP contribution in [0.4, 0.5) is 0 Å². The molecule has 1 aromatic heterocycles. The van der Waals surface area contributed by atoms with Crippen molar-refractivity contribution in [1.82, 2.24) is 9.47 Å². The van der Waals surface area contributed by atoms with E-state index < -0.39 is 5.97 Å². The van der Waals surface area contributed by atoms with Gasteiger partial charge in [0.1, 0.15) is 0 Å². The number of fused-ring (bicyclic) bond motifs is 3. The minimum Gasteiger partial charge on any atom is -0.478 e. The van der Waals surface area contributed by atoms with Crippen molar-refractivity contribution in [3.63, 3.8) is 0 Å². The zero-order valence-corrected chi connectivity index (χ0v) is 14.4. The van der Waals surface area contributed by atoms with Crippen molar-refractivity contribution in [2.24, 2.45) is 0 Å². The van der Waals surface area contributed by atoms with Crippen LogP contribution in [-0.2, 0) is 19.5 Å². The van der Waals surface area contributed by atoms with E-state index in [0.717, 1.165) is 61.9 Å². The minimum absolute atomic E-state index is 0.452. The molecular formula is C19H26N2O2. The standard InChI is InChI=1S/C19H26N2O2/c1-4-6-8-21-17-7-9-20(5-2)12-16(17)14-10-13(3)11-15(18(14)21)19(22)23/h10-11H,4-9,12H2,1-3H3,(H,22,23). The fourth-order valence-corrected chi connectivity index (χ4v) is 3.78. The molecule has 2 aromatic rings. The van der Waals surface area contributed by atoms with Gasteiger partial charge in [-0.05, 0) is 43.1 Å². The molecule has 0 aliphatic carbocycles. The van der Waals surface area contributed by atoms with Crippen molar-refractivity contribution in [3.8, 4) is 0 Å². The monoisotopic (exact) mass is 314 g/mol. The fourth-order valence-electron chi connectivity index (χ4n) is 3.78. The summed E-state index contributed by atoms with van der Waals surface area (Å²) < 4.78 is 2.30. The first-order valence-corrected chi connectivity index (χ1v) is 8.67. The van der Waals surface area contributed by atoms with Gasteiger partial charge in [-0.3, -0.25) is 4.90 Å². The van der Waals surface area contributed by atoms with E-state index in [0.29, 0.717) is 5.56 Å². The number of carboxylic acid groups (broad SMARTS) is 1. The van der Waals surface area contributed by atoms with E-state index in [1.807, 2.05) is 13.0 Å². The van der Waals surface area contributed by atoms with Crippen LogP contribution in [-0.4, -0.2) is 33.6 Å². The normalized spacial score (nSPS) is 15.1. The predicted molar refractivity (Wildman–Crippen MR) is 93.2 cm³/mol. The molecule has 23 heavy (non-hydrogen) atoms. The first-order chi connectivity index (χ1) is 11.1. The number of nitrogens with zero attached hydrogens (tertiary/aromatic N) is 2. The molecular weight excluding hydrogens is 288 g/mol. The van der Waals surface area contributed by atoms with Crippen molar-refractivity contribution in [3.05, 3.63) is 34.5 Å². The Hall–Kier alpha value is -1.81. The second-order valence-corrected chi connectivity index (χ2v) is 6.56. The molecule has 0 unspecified atom stereocenters. The molecule has 4 nitrogen and oxygen atoms in total.